The van der Waals surface area contributed by atoms with Crippen LogP contribution in [0.4, 0.5) is 0 Å². The Kier molecular flexibility index (Phi) is 4.17. The van der Waals surface area contributed by atoms with Crippen LogP contribution in [-0.2, 0) is 10.0 Å². The molecule has 1 heterocycles. The second-order valence-electron chi connectivity index (χ2n) is 5.57. The van der Waals surface area contributed by atoms with E-state index in [0.29, 0.717) is 28.5 Å². The third-order valence-corrected chi connectivity index (χ3v) is 6.35. The Labute approximate surface area is 121 Å². The predicted molar refractivity (Wildman–Crippen MR) is 77.6 cm³/mol. The molecule has 1 saturated heterocycles. The van der Waals surface area contributed by atoms with Crippen molar-refractivity contribution in [1.29, 1.82) is 5.26 Å². The number of aryl methyl sites for hydroxylation is 1. The summed E-state index contributed by atoms with van der Waals surface area (Å²) in [7, 11) is -3.48. The molecule has 1 aliphatic heterocycles. The summed E-state index contributed by atoms with van der Waals surface area (Å²) >= 11 is 0. The monoisotopic (exact) mass is 292 g/mol. The number of hydrogen-bond donors (Lipinski definition) is 0. The Hall–Kier alpha value is -1.38. The number of hydrogen-bond acceptors (Lipinski definition) is 3. The SMILES string of the molecule is Cc1cc(C#N)ccc1S(=O)(=O)N1CCCC(C)C1C. The van der Waals surface area contributed by atoms with Gasteiger partial charge in [0.25, 0.3) is 0 Å². The molecule has 0 saturated carbocycles. The van der Waals surface area contributed by atoms with Gasteiger partial charge < -0.3 is 0 Å². The fourth-order valence-electron chi connectivity index (χ4n) is 2.77. The summed E-state index contributed by atoms with van der Waals surface area (Å²) in [5.41, 5.74) is 1.12. The van der Waals surface area contributed by atoms with E-state index in [1.54, 1.807) is 29.4 Å². The second kappa shape index (κ2) is 5.55. The summed E-state index contributed by atoms with van der Waals surface area (Å²) < 4.78 is 27.2. The summed E-state index contributed by atoms with van der Waals surface area (Å²) in [5, 5.41) is 8.87. The van der Waals surface area contributed by atoms with Gasteiger partial charge in [0, 0.05) is 12.6 Å². The van der Waals surface area contributed by atoms with E-state index in [0.717, 1.165) is 12.8 Å². The first-order valence-electron chi connectivity index (χ1n) is 6.90. The van der Waals surface area contributed by atoms with Crippen LogP contribution in [0.2, 0.25) is 0 Å². The zero-order valence-corrected chi connectivity index (χ0v) is 12.9. The highest BCUT2D eigenvalue weighted by Crippen LogP contribution is 2.30. The van der Waals surface area contributed by atoms with Gasteiger partial charge in [-0.25, -0.2) is 8.42 Å². The standard InChI is InChI=1S/C15H20N2O2S/c1-11-5-4-8-17(13(11)3)20(18,19)15-7-6-14(10-16)9-12(15)2/h6-7,9,11,13H,4-5,8H2,1-3H3. The first-order valence-corrected chi connectivity index (χ1v) is 8.34. The Morgan fingerprint density at radius 2 is 2.05 bits per heavy atom. The van der Waals surface area contributed by atoms with Crippen molar-refractivity contribution in [2.75, 3.05) is 6.54 Å². The van der Waals surface area contributed by atoms with Crippen LogP contribution in [0.25, 0.3) is 0 Å². The van der Waals surface area contributed by atoms with Gasteiger partial charge in [-0.1, -0.05) is 6.92 Å². The third kappa shape index (κ3) is 2.58. The van der Waals surface area contributed by atoms with E-state index in [-0.39, 0.29) is 6.04 Å². The molecule has 1 fully saturated rings. The normalized spacial score (nSPS) is 24.3. The molecule has 4 nitrogen and oxygen atoms in total. The molecule has 1 aromatic carbocycles. The van der Waals surface area contributed by atoms with E-state index in [2.05, 4.69) is 6.92 Å². The molecule has 5 heteroatoms. The molecule has 0 bridgehead atoms. The smallest absolute Gasteiger partial charge is 0.207 e. The van der Waals surface area contributed by atoms with Gasteiger partial charge in [0.15, 0.2) is 0 Å². The average Bonchev–Trinajstić information content (AvgIpc) is 2.41. The molecule has 1 aromatic rings. The minimum atomic E-state index is -3.48. The molecule has 0 aliphatic carbocycles. The summed E-state index contributed by atoms with van der Waals surface area (Å²) in [5.74, 6) is 0.372. The van der Waals surface area contributed by atoms with Crippen LogP contribution in [0.3, 0.4) is 0 Å². The van der Waals surface area contributed by atoms with Crippen molar-refractivity contribution in [3.8, 4) is 6.07 Å². The van der Waals surface area contributed by atoms with Gasteiger partial charge in [-0.2, -0.15) is 9.57 Å². The van der Waals surface area contributed by atoms with Crippen molar-refractivity contribution in [2.24, 2.45) is 5.92 Å². The van der Waals surface area contributed by atoms with Crippen LogP contribution in [-0.4, -0.2) is 25.3 Å². The Morgan fingerprint density at radius 3 is 2.65 bits per heavy atom. The molecule has 108 valence electrons. The van der Waals surface area contributed by atoms with Crippen molar-refractivity contribution in [3.63, 3.8) is 0 Å². The van der Waals surface area contributed by atoms with E-state index in [1.807, 2.05) is 13.0 Å². The highest BCUT2D eigenvalue weighted by molar-refractivity contribution is 7.89. The summed E-state index contributed by atoms with van der Waals surface area (Å²) in [6.07, 6.45) is 1.97. The lowest BCUT2D eigenvalue weighted by molar-refractivity contribution is 0.202. The van der Waals surface area contributed by atoms with Gasteiger partial charge in [-0.3, -0.25) is 0 Å². The molecule has 0 radical (unpaired) electrons. The zero-order chi connectivity index (χ0) is 14.9. The molecule has 2 unspecified atom stereocenters. The second-order valence-corrected chi connectivity index (χ2v) is 7.43. The third-order valence-electron chi connectivity index (χ3n) is 4.21. The van der Waals surface area contributed by atoms with Gasteiger partial charge in [-0.15, -0.1) is 0 Å². The first kappa shape index (κ1) is 15.0. The van der Waals surface area contributed by atoms with E-state index < -0.39 is 10.0 Å². The van der Waals surface area contributed by atoms with Crippen LogP contribution < -0.4 is 0 Å². The maximum atomic E-state index is 12.8. The topological polar surface area (TPSA) is 61.2 Å². The maximum absolute atomic E-state index is 12.8. The maximum Gasteiger partial charge on any atom is 0.243 e. The van der Waals surface area contributed by atoms with Crippen LogP contribution >= 0.6 is 0 Å². The van der Waals surface area contributed by atoms with Gasteiger partial charge in [-0.05, 0) is 56.4 Å². The van der Waals surface area contributed by atoms with Gasteiger partial charge >= 0.3 is 0 Å². The molecular weight excluding hydrogens is 272 g/mol. The van der Waals surface area contributed by atoms with Crippen molar-refractivity contribution in [3.05, 3.63) is 29.3 Å². The highest BCUT2D eigenvalue weighted by atomic mass is 32.2. The Balaban J connectivity index is 2.43. The number of nitrogens with zero attached hydrogens (tertiary/aromatic N) is 2. The lowest BCUT2D eigenvalue weighted by atomic mass is 9.94. The number of rotatable bonds is 2. The molecule has 1 aliphatic rings. The van der Waals surface area contributed by atoms with Gasteiger partial charge in [0.2, 0.25) is 10.0 Å². The molecule has 0 aromatic heterocycles. The number of piperidine rings is 1. The number of benzene rings is 1. The number of sulfonamides is 1. The van der Waals surface area contributed by atoms with E-state index in [9.17, 15) is 8.42 Å². The van der Waals surface area contributed by atoms with Crippen molar-refractivity contribution in [1.82, 2.24) is 4.31 Å². The predicted octanol–water partition coefficient (Wildman–Crippen LogP) is 2.68. The lowest BCUT2D eigenvalue weighted by Crippen LogP contribution is -2.46. The molecule has 2 rings (SSSR count). The Bertz CT molecular complexity index is 646. The zero-order valence-electron chi connectivity index (χ0n) is 12.1. The van der Waals surface area contributed by atoms with E-state index in [1.165, 1.54) is 0 Å². The van der Waals surface area contributed by atoms with Crippen LogP contribution in [0.15, 0.2) is 23.1 Å². The fourth-order valence-corrected chi connectivity index (χ4v) is 4.75. The lowest BCUT2D eigenvalue weighted by Gasteiger charge is -2.37. The van der Waals surface area contributed by atoms with Crippen molar-refractivity contribution < 1.29 is 8.42 Å². The molecule has 0 amide bonds. The summed E-state index contributed by atoms with van der Waals surface area (Å²) in [6, 6.07) is 6.80. The highest BCUT2D eigenvalue weighted by Gasteiger charge is 2.35. The van der Waals surface area contributed by atoms with Gasteiger partial charge in [0.1, 0.15) is 0 Å². The summed E-state index contributed by atoms with van der Waals surface area (Å²) in [4.78, 5) is 0.317. The molecule has 0 spiro atoms. The minimum Gasteiger partial charge on any atom is -0.207 e. The van der Waals surface area contributed by atoms with E-state index in [4.69, 9.17) is 5.26 Å². The molecule has 0 N–H and O–H groups in total. The van der Waals surface area contributed by atoms with Gasteiger partial charge in [0.05, 0.1) is 16.5 Å². The molecular formula is C15H20N2O2S. The van der Waals surface area contributed by atoms with Crippen molar-refractivity contribution in [2.45, 2.75) is 44.6 Å². The van der Waals surface area contributed by atoms with Crippen molar-refractivity contribution >= 4 is 10.0 Å². The van der Waals surface area contributed by atoms with Crippen LogP contribution in [0.1, 0.15) is 37.8 Å². The summed E-state index contributed by atoms with van der Waals surface area (Å²) in [6.45, 7) is 6.39. The quantitative estimate of drug-likeness (QED) is 0.842. The van der Waals surface area contributed by atoms with E-state index >= 15 is 0 Å². The average molecular weight is 292 g/mol. The molecule has 2 atom stereocenters. The van der Waals surface area contributed by atoms with Crippen LogP contribution in [0.5, 0.6) is 0 Å². The Morgan fingerprint density at radius 1 is 1.35 bits per heavy atom. The largest absolute Gasteiger partial charge is 0.243 e. The first-order chi connectivity index (χ1) is 9.37. The minimum absolute atomic E-state index is 0.0174. The fraction of sp³-hybridized carbons (Fsp3) is 0.533. The molecule has 20 heavy (non-hydrogen) atoms. The number of nitriles is 1. The van der Waals surface area contributed by atoms with Crippen LogP contribution in [0, 0.1) is 24.2 Å².